The minimum atomic E-state index is -1.18. The van der Waals surface area contributed by atoms with Crippen molar-refractivity contribution in [1.82, 2.24) is 0 Å². The van der Waals surface area contributed by atoms with Crippen LogP contribution < -0.4 is 4.74 Å². The Hall–Kier alpha value is -2.04. The molecule has 1 aromatic carbocycles. The number of aliphatic hydroxyl groups excluding tert-OH is 1. The van der Waals surface area contributed by atoms with Crippen molar-refractivity contribution in [3.05, 3.63) is 66.0 Å². The van der Waals surface area contributed by atoms with Gasteiger partial charge < -0.3 is 20.1 Å². The quantitative estimate of drug-likeness (QED) is 0.613. The summed E-state index contributed by atoms with van der Waals surface area (Å²) in [5.41, 5.74) is 0.0581. The second kappa shape index (κ2) is 7.58. The van der Waals surface area contributed by atoms with E-state index in [4.69, 9.17) is 4.74 Å². The van der Waals surface area contributed by atoms with Crippen LogP contribution in [-0.4, -0.2) is 33.1 Å². The van der Waals surface area contributed by atoms with Gasteiger partial charge in [0.1, 0.15) is 18.1 Å². The highest BCUT2D eigenvalue weighted by Crippen LogP contribution is 2.59. The lowest BCUT2D eigenvalue weighted by molar-refractivity contribution is -0.216. The van der Waals surface area contributed by atoms with Gasteiger partial charge in [0.05, 0.1) is 11.2 Å². The van der Waals surface area contributed by atoms with Crippen molar-refractivity contribution >= 4 is 0 Å². The van der Waals surface area contributed by atoms with Crippen molar-refractivity contribution in [2.45, 2.75) is 69.0 Å². The fourth-order valence-corrected chi connectivity index (χ4v) is 6.33. The summed E-state index contributed by atoms with van der Waals surface area (Å²) in [5.74, 6) is 0.999. The summed E-state index contributed by atoms with van der Waals surface area (Å²) in [4.78, 5) is 0. The predicted octanol–water partition coefficient (Wildman–Crippen LogP) is 4.76. The van der Waals surface area contributed by atoms with E-state index in [0.717, 1.165) is 31.4 Å². The average molecular weight is 411 g/mol. The fourth-order valence-electron chi connectivity index (χ4n) is 6.33. The molecule has 3 N–H and O–H groups in total. The van der Waals surface area contributed by atoms with E-state index in [2.05, 4.69) is 37.8 Å². The Kier molecular flexibility index (Phi) is 5.36. The van der Waals surface area contributed by atoms with Crippen LogP contribution in [0.4, 0.5) is 0 Å². The van der Waals surface area contributed by atoms with Gasteiger partial charge in [-0.25, -0.2) is 0 Å². The minimum absolute atomic E-state index is 0.00651. The summed E-state index contributed by atoms with van der Waals surface area (Å²) in [5, 5.41) is 32.8. The number of aryl methyl sites for hydroxylation is 1. The third-order valence-corrected chi connectivity index (χ3v) is 7.94. The molecule has 0 radical (unpaired) electrons. The van der Waals surface area contributed by atoms with Crippen molar-refractivity contribution < 1.29 is 20.1 Å². The summed E-state index contributed by atoms with van der Waals surface area (Å²) >= 11 is 0. The van der Waals surface area contributed by atoms with Gasteiger partial charge in [0.2, 0.25) is 0 Å². The number of allylic oxidation sites excluding steroid dienone is 3. The number of benzene rings is 1. The van der Waals surface area contributed by atoms with Gasteiger partial charge in [-0.15, -0.1) is 0 Å². The second-order valence-corrected chi connectivity index (χ2v) is 9.65. The molecule has 0 heterocycles. The highest BCUT2D eigenvalue weighted by molar-refractivity contribution is 5.44. The molecule has 1 unspecified atom stereocenters. The molecule has 4 heteroatoms. The van der Waals surface area contributed by atoms with E-state index in [1.807, 2.05) is 25.1 Å². The zero-order chi connectivity index (χ0) is 21.6. The maximum Gasteiger partial charge on any atom is 0.144 e. The largest absolute Gasteiger partial charge is 0.509 e. The van der Waals surface area contributed by atoms with Gasteiger partial charge in [-0.2, -0.15) is 0 Å². The third kappa shape index (κ3) is 3.30. The molecule has 5 atom stereocenters. The van der Waals surface area contributed by atoms with Gasteiger partial charge in [-0.1, -0.05) is 43.9 Å². The summed E-state index contributed by atoms with van der Waals surface area (Å²) < 4.78 is 5.64. The number of hydrogen-bond acceptors (Lipinski definition) is 4. The van der Waals surface area contributed by atoms with E-state index >= 15 is 0 Å². The van der Waals surface area contributed by atoms with Crippen molar-refractivity contribution in [3.8, 4) is 5.75 Å². The predicted molar refractivity (Wildman–Crippen MR) is 119 cm³/mol. The molecule has 0 spiro atoms. The van der Waals surface area contributed by atoms with Crippen molar-refractivity contribution in [2.24, 2.45) is 11.8 Å². The third-order valence-electron chi connectivity index (χ3n) is 7.94. The molecule has 1 fully saturated rings. The number of ether oxygens (including phenoxy) is 1. The molecule has 3 aliphatic rings. The molecule has 162 valence electrons. The van der Waals surface area contributed by atoms with Crippen LogP contribution in [-0.2, 0) is 11.8 Å². The van der Waals surface area contributed by atoms with Crippen molar-refractivity contribution in [3.63, 3.8) is 0 Å². The van der Waals surface area contributed by atoms with E-state index < -0.39 is 11.2 Å². The van der Waals surface area contributed by atoms with Gasteiger partial charge in [0, 0.05) is 11.3 Å². The molecule has 4 rings (SSSR count). The normalized spacial score (nSPS) is 37.3. The molecule has 1 saturated carbocycles. The molecule has 0 aromatic heterocycles. The number of hydrogen-bond donors (Lipinski definition) is 3. The molecular weight excluding hydrogens is 376 g/mol. The van der Waals surface area contributed by atoms with E-state index in [-0.39, 0.29) is 23.7 Å². The first kappa shape index (κ1) is 21.2. The molecule has 1 aromatic rings. The van der Waals surface area contributed by atoms with Crippen LogP contribution in [0.2, 0.25) is 0 Å². The summed E-state index contributed by atoms with van der Waals surface area (Å²) in [6.45, 7) is 7.59. The Morgan fingerprint density at radius 3 is 2.73 bits per heavy atom. The fraction of sp³-hybridized carbons (Fsp3) is 0.538. The molecule has 30 heavy (non-hydrogen) atoms. The lowest BCUT2D eigenvalue weighted by Crippen LogP contribution is -2.66. The first-order valence-corrected chi connectivity index (χ1v) is 11.1. The van der Waals surface area contributed by atoms with E-state index in [0.29, 0.717) is 18.8 Å². The second-order valence-electron chi connectivity index (χ2n) is 9.65. The molecular formula is C26H34O4. The minimum Gasteiger partial charge on any atom is -0.509 e. The maximum absolute atomic E-state index is 11.8. The SMILES string of the molecule is C=C(O)COc1ccc2c(c1)CC[C@@H]1C[C@@](O)(C3C=CC=CC3)[C@](C)(O)C[C@@]21CC. The van der Waals surface area contributed by atoms with Crippen LogP contribution in [0.25, 0.3) is 0 Å². The lowest BCUT2D eigenvalue weighted by Gasteiger charge is -2.60. The Morgan fingerprint density at radius 2 is 2.07 bits per heavy atom. The molecule has 0 saturated heterocycles. The first-order chi connectivity index (χ1) is 14.2. The zero-order valence-corrected chi connectivity index (χ0v) is 18.1. The average Bonchev–Trinajstić information content (AvgIpc) is 2.73. The summed E-state index contributed by atoms with van der Waals surface area (Å²) in [6.07, 6.45) is 12.9. The van der Waals surface area contributed by atoms with Gasteiger partial charge in [0.25, 0.3) is 0 Å². The highest BCUT2D eigenvalue weighted by Gasteiger charge is 2.62. The number of rotatable bonds is 5. The van der Waals surface area contributed by atoms with Gasteiger partial charge in [-0.3, -0.25) is 0 Å². The van der Waals surface area contributed by atoms with Crippen molar-refractivity contribution in [1.29, 1.82) is 0 Å². The van der Waals surface area contributed by atoms with Crippen LogP contribution in [0, 0.1) is 11.8 Å². The first-order valence-electron chi connectivity index (χ1n) is 11.1. The van der Waals surface area contributed by atoms with Crippen LogP contribution in [0.15, 0.2) is 54.8 Å². The monoisotopic (exact) mass is 410 g/mol. The Morgan fingerprint density at radius 1 is 1.27 bits per heavy atom. The molecule has 3 aliphatic carbocycles. The standard InChI is InChI=1S/C26H34O4/c1-4-25-17-24(3,28)26(29,20-8-6-5-7-9-20)15-21(25)11-10-19-14-22(12-13-23(19)25)30-16-18(2)27/h5-8,12-14,20-21,27-29H,2,4,9-11,15-17H2,1,3H3/t20?,21-,24-,25-,26-/m1/s1. The smallest absolute Gasteiger partial charge is 0.144 e. The summed E-state index contributed by atoms with van der Waals surface area (Å²) in [6, 6.07) is 6.14. The maximum atomic E-state index is 11.8. The number of aliphatic hydroxyl groups is 3. The Bertz CT molecular complexity index is 883. The Labute approximate surface area is 179 Å². The van der Waals surface area contributed by atoms with E-state index in [9.17, 15) is 15.3 Å². The van der Waals surface area contributed by atoms with Crippen LogP contribution >= 0.6 is 0 Å². The summed E-state index contributed by atoms with van der Waals surface area (Å²) in [7, 11) is 0. The molecule has 0 aliphatic heterocycles. The van der Waals surface area contributed by atoms with E-state index in [1.54, 1.807) is 0 Å². The van der Waals surface area contributed by atoms with Gasteiger partial charge in [0.15, 0.2) is 0 Å². The molecule has 0 amide bonds. The van der Waals surface area contributed by atoms with Crippen LogP contribution in [0.1, 0.15) is 57.1 Å². The van der Waals surface area contributed by atoms with Crippen LogP contribution in [0.3, 0.4) is 0 Å². The number of fused-ring (bicyclic) bond motifs is 3. The molecule has 0 bridgehead atoms. The lowest BCUT2D eigenvalue weighted by atomic mass is 9.47. The molecule has 4 nitrogen and oxygen atoms in total. The van der Waals surface area contributed by atoms with E-state index in [1.165, 1.54) is 11.1 Å². The van der Waals surface area contributed by atoms with Gasteiger partial charge in [-0.05, 0) is 74.6 Å². The van der Waals surface area contributed by atoms with Crippen molar-refractivity contribution in [2.75, 3.05) is 6.61 Å². The zero-order valence-electron chi connectivity index (χ0n) is 18.1. The van der Waals surface area contributed by atoms with Gasteiger partial charge >= 0.3 is 0 Å². The Balaban J connectivity index is 1.69. The van der Waals surface area contributed by atoms with Crippen LogP contribution in [0.5, 0.6) is 5.75 Å². The highest BCUT2D eigenvalue weighted by atomic mass is 16.5. The topological polar surface area (TPSA) is 69.9 Å².